The molecule has 3 N–H and O–H groups in total. The molecule has 3 rings (SSSR count). The van der Waals surface area contributed by atoms with Crippen LogP contribution in [0.25, 0.3) is 5.52 Å². The fraction of sp³-hybridized carbons (Fsp3) is 0.385. The van der Waals surface area contributed by atoms with Crippen molar-refractivity contribution in [3.8, 4) is 6.07 Å². The molecule has 2 heterocycles. The molecule has 5 heteroatoms. The van der Waals surface area contributed by atoms with Crippen LogP contribution in [0.15, 0.2) is 18.3 Å². The highest BCUT2D eigenvalue weighted by Gasteiger charge is 2.18. The van der Waals surface area contributed by atoms with Crippen LogP contribution < -0.4 is 11.1 Å². The molecule has 0 saturated heterocycles. The molecule has 92 valence electrons. The van der Waals surface area contributed by atoms with Crippen molar-refractivity contribution >= 4 is 17.0 Å². The Labute approximate surface area is 105 Å². The number of hydrogen-bond donors (Lipinski definition) is 2. The van der Waals surface area contributed by atoms with Crippen LogP contribution in [0, 0.1) is 11.3 Å². The zero-order valence-corrected chi connectivity index (χ0v) is 10.1. The van der Waals surface area contributed by atoms with Gasteiger partial charge in [0.15, 0.2) is 0 Å². The molecule has 0 unspecified atom stereocenters. The van der Waals surface area contributed by atoms with Gasteiger partial charge in [0.2, 0.25) is 0 Å². The van der Waals surface area contributed by atoms with Crippen molar-refractivity contribution in [1.29, 1.82) is 5.26 Å². The Balaban J connectivity index is 2.08. The summed E-state index contributed by atoms with van der Waals surface area (Å²) in [7, 11) is 0. The van der Waals surface area contributed by atoms with E-state index in [9.17, 15) is 5.26 Å². The summed E-state index contributed by atoms with van der Waals surface area (Å²) < 4.78 is 1.66. The third-order valence-corrected chi connectivity index (χ3v) is 3.54. The van der Waals surface area contributed by atoms with Crippen LogP contribution in [0.4, 0.5) is 11.5 Å². The number of nitrogens with zero attached hydrogens (tertiary/aromatic N) is 3. The number of anilines is 2. The van der Waals surface area contributed by atoms with Gasteiger partial charge in [-0.15, -0.1) is 0 Å². The molecule has 1 fully saturated rings. The van der Waals surface area contributed by atoms with Gasteiger partial charge in [0.25, 0.3) is 0 Å². The lowest BCUT2D eigenvalue weighted by molar-refractivity contribution is 0.754. The minimum atomic E-state index is 0.458. The first kappa shape index (κ1) is 10.9. The number of rotatable bonds is 2. The monoisotopic (exact) mass is 241 g/mol. The molecule has 0 spiro atoms. The van der Waals surface area contributed by atoms with Crippen LogP contribution in [-0.2, 0) is 0 Å². The minimum Gasteiger partial charge on any atom is -0.384 e. The van der Waals surface area contributed by atoms with E-state index in [-0.39, 0.29) is 0 Å². The standard InChI is InChI=1S/C13H15N5/c14-7-9-8-16-18-11(5-6-12(18)15)13(9)17-10-3-1-2-4-10/h5-6,8,10,17H,1-4,15H2. The van der Waals surface area contributed by atoms with Crippen LogP contribution in [0.3, 0.4) is 0 Å². The average molecular weight is 241 g/mol. The highest BCUT2D eigenvalue weighted by molar-refractivity contribution is 5.79. The number of aromatic nitrogens is 2. The second-order valence-corrected chi connectivity index (χ2v) is 4.73. The molecule has 0 bridgehead atoms. The molecular weight excluding hydrogens is 226 g/mol. The van der Waals surface area contributed by atoms with Gasteiger partial charge in [-0.2, -0.15) is 10.4 Å². The fourth-order valence-electron chi connectivity index (χ4n) is 2.59. The first-order valence-corrected chi connectivity index (χ1v) is 6.22. The van der Waals surface area contributed by atoms with E-state index >= 15 is 0 Å². The van der Waals surface area contributed by atoms with Gasteiger partial charge in [-0.1, -0.05) is 12.8 Å². The van der Waals surface area contributed by atoms with Crippen molar-refractivity contribution in [2.75, 3.05) is 11.1 Å². The molecule has 5 nitrogen and oxygen atoms in total. The van der Waals surface area contributed by atoms with E-state index in [1.165, 1.54) is 12.8 Å². The molecule has 2 aromatic heterocycles. The smallest absolute Gasteiger partial charge is 0.125 e. The summed E-state index contributed by atoms with van der Waals surface area (Å²) in [6.45, 7) is 0. The zero-order valence-electron chi connectivity index (χ0n) is 10.1. The van der Waals surface area contributed by atoms with E-state index in [1.54, 1.807) is 10.7 Å². The van der Waals surface area contributed by atoms with Gasteiger partial charge in [0.1, 0.15) is 11.9 Å². The second kappa shape index (κ2) is 4.22. The van der Waals surface area contributed by atoms with Crippen LogP contribution in [0.5, 0.6) is 0 Å². The van der Waals surface area contributed by atoms with Crippen LogP contribution in [0.2, 0.25) is 0 Å². The Morgan fingerprint density at radius 3 is 2.89 bits per heavy atom. The molecule has 1 aliphatic rings. The van der Waals surface area contributed by atoms with Gasteiger partial charge in [0, 0.05) is 6.04 Å². The predicted molar refractivity (Wildman–Crippen MR) is 70.2 cm³/mol. The van der Waals surface area contributed by atoms with Crippen LogP contribution in [-0.4, -0.2) is 15.7 Å². The normalized spacial score (nSPS) is 15.9. The summed E-state index contributed by atoms with van der Waals surface area (Å²) in [5.41, 5.74) is 8.14. The SMILES string of the molecule is N#Cc1cnn2c(N)ccc2c1NC1CCCC1. The summed E-state index contributed by atoms with van der Waals surface area (Å²) in [4.78, 5) is 0. The van der Waals surface area contributed by atoms with Gasteiger partial charge in [-0.25, -0.2) is 4.52 Å². The number of nitrogen functional groups attached to an aromatic ring is 1. The molecule has 0 atom stereocenters. The largest absolute Gasteiger partial charge is 0.384 e. The summed E-state index contributed by atoms with van der Waals surface area (Å²) in [5, 5.41) is 16.8. The number of hydrogen-bond acceptors (Lipinski definition) is 4. The maximum absolute atomic E-state index is 9.19. The second-order valence-electron chi connectivity index (χ2n) is 4.73. The first-order chi connectivity index (χ1) is 8.79. The quantitative estimate of drug-likeness (QED) is 0.844. The van der Waals surface area contributed by atoms with E-state index in [0.717, 1.165) is 24.0 Å². The van der Waals surface area contributed by atoms with E-state index < -0.39 is 0 Å². The van der Waals surface area contributed by atoms with E-state index in [2.05, 4.69) is 16.5 Å². The Morgan fingerprint density at radius 2 is 2.17 bits per heavy atom. The summed E-state index contributed by atoms with van der Waals surface area (Å²) in [6.07, 6.45) is 6.40. The molecule has 2 aromatic rings. The Morgan fingerprint density at radius 1 is 1.39 bits per heavy atom. The molecule has 0 aromatic carbocycles. The van der Waals surface area contributed by atoms with Gasteiger partial charge < -0.3 is 11.1 Å². The third kappa shape index (κ3) is 1.66. The van der Waals surface area contributed by atoms with Crippen molar-refractivity contribution in [3.05, 3.63) is 23.9 Å². The third-order valence-electron chi connectivity index (χ3n) is 3.54. The highest BCUT2D eigenvalue weighted by atomic mass is 15.3. The van der Waals surface area contributed by atoms with Gasteiger partial charge in [-0.3, -0.25) is 0 Å². The highest BCUT2D eigenvalue weighted by Crippen LogP contribution is 2.28. The van der Waals surface area contributed by atoms with Gasteiger partial charge in [-0.05, 0) is 25.0 Å². The van der Waals surface area contributed by atoms with Gasteiger partial charge in [0.05, 0.1) is 23.0 Å². The molecule has 0 aliphatic heterocycles. The van der Waals surface area contributed by atoms with E-state index in [0.29, 0.717) is 17.4 Å². The number of nitrogens with two attached hydrogens (primary N) is 1. The van der Waals surface area contributed by atoms with E-state index in [1.807, 2.05) is 12.1 Å². The molecule has 1 aliphatic carbocycles. The predicted octanol–water partition coefficient (Wildman–Crippen LogP) is 2.14. The van der Waals surface area contributed by atoms with Crippen LogP contribution >= 0.6 is 0 Å². The summed E-state index contributed by atoms with van der Waals surface area (Å²) in [5.74, 6) is 0.587. The van der Waals surface area contributed by atoms with Crippen LogP contribution in [0.1, 0.15) is 31.2 Å². The Kier molecular flexibility index (Phi) is 2.56. The van der Waals surface area contributed by atoms with E-state index in [4.69, 9.17) is 5.73 Å². The topological polar surface area (TPSA) is 79.1 Å². The molecule has 0 amide bonds. The minimum absolute atomic E-state index is 0.458. The molecule has 18 heavy (non-hydrogen) atoms. The average Bonchev–Trinajstić information content (AvgIpc) is 3.00. The molecule has 0 radical (unpaired) electrons. The summed E-state index contributed by atoms with van der Waals surface area (Å²) >= 11 is 0. The fourth-order valence-corrected chi connectivity index (χ4v) is 2.59. The van der Waals surface area contributed by atoms with Crippen molar-refractivity contribution in [2.24, 2.45) is 0 Å². The Hall–Kier alpha value is -2.22. The zero-order chi connectivity index (χ0) is 12.5. The number of fused-ring (bicyclic) bond motifs is 1. The van der Waals surface area contributed by atoms with Crippen molar-refractivity contribution in [2.45, 2.75) is 31.7 Å². The van der Waals surface area contributed by atoms with Crippen molar-refractivity contribution < 1.29 is 0 Å². The number of nitriles is 1. The van der Waals surface area contributed by atoms with Crippen molar-refractivity contribution in [1.82, 2.24) is 9.61 Å². The molecular formula is C13H15N5. The number of nitrogens with one attached hydrogen (secondary N) is 1. The van der Waals surface area contributed by atoms with Crippen molar-refractivity contribution in [3.63, 3.8) is 0 Å². The lowest BCUT2D eigenvalue weighted by Crippen LogP contribution is -2.16. The molecule has 1 saturated carbocycles. The van der Waals surface area contributed by atoms with Gasteiger partial charge >= 0.3 is 0 Å². The first-order valence-electron chi connectivity index (χ1n) is 6.22. The summed E-state index contributed by atoms with van der Waals surface area (Å²) in [6, 6.07) is 6.36. The maximum atomic E-state index is 9.19. The lowest BCUT2D eigenvalue weighted by Gasteiger charge is -2.15. The maximum Gasteiger partial charge on any atom is 0.125 e. The lowest BCUT2D eigenvalue weighted by atomic mass is 10.2. The Bertz CT molecular complexity index is 616.